The predicted octanol–water partition coefficient (Wildman–Crippen LogP) is 1.89. The first-order valence-corrected chi connectivity index (χ1v) is 9.75. The Hall–Kier alpha value is -1.83. The molecule has 0 atom stereocenters. The number of hydrogen-bond acceptors (Lipinski definition) is 5. The van der Waals surface area contributed by atoms with Crippen molar-refractivity contribution in [3.8, 4) is 0 Å². The highest BCUT2D eigenvalue weighted by molar-refractivity contribution is 7.89. The molecule has 1 amide bonds. The molecule has 2 aromatic rings. The number of carbonyl (C=O) groups excluding carboxylic acids is 1. The average Bonchev–Trinajstić information content (AvgIpc) is 2.98. The highest BCUT2D eigenvalue weighted by Crippen LogP contribution is 2.14. The van der Waals surface area contributed by atoms with E-state index in [2.05, 4.69) is 0 Å². The lowest BCUT2D eigenvalue weighted by molar-refractivity contribution is 0.0728. The standard InChI is InChI=1S/C17H22N2O4S.ClH/c1-24(21,22)13-15-7-8-16(23-15)17(20)19(12-10-18)11-9-14-5-3-2-4-6-14;/h2-8H,9-13,18H2,1H3;1H. The van der Waals surface area contributed by atoms with Crippen molar-refractivity contribution in [2.45, 2.75) is 12.2 Å². The van der Waals surface area contributed by atoms with Crippen molar-refractivity contribution in [3.63, 3.8) is 0 Å². The average molecular weight is 387 g/mol. The smallest absolute Gasteiger partial charge is 0.289 e. The van der Waals surface area contributed by atoms with Crippen molar-refractivity contribution in [1.82, 2.24) is 4.90 Å². The third-order valence-corrected chi connectivity index (χ3v) is 4.29. The highest BCUT2D eigenvalue weighted by atomic mass is 35.5. The number of halogens is 1. The first-order valence-electron chi connectivity index (χ1n) is 7.69. The Bertz CT molecular complexity index is 775. The molecule has 1 heterocycles. The minimum atomic E-state index is -3.20. The molecule has 2 N–H and O–H groups in total. The summed E-state index contributed by atoms with van der Waals surface area (Å²) in [7, 11) is -3.20. The fraction of sp³-hybridized carbons (Fsp3) is 0.353. The van der Waals surface area contributed by atoms with Gasteiger partial charge in [-0.05, 0) is 24.1 Å². The fourth-order valence-electron chi connectivity index (χ4n) is 2.36. The molecule has 0 saturated heterocycles. The maximum atomic E-state index is 12.6. The molecule has 0 radical (unpaired) electrons. The van der Waals surface area contributed by atoms with Gasteiger partial charge in [0.05, 0.1) is 0 Å². The molecule has 0 saturated carbocycles. The van der Waals surface area contributed by atoms with Gasteiger partial charge in [0.25, 0.3) is 5.91 Å². The van der Waals surface area contributed by atoms with Crippen LogP contribution in [0, 0.1) is 0 Å². The van der Waals surface area contributed by atoms with Crippen LogP contribution in [-0.2, 0) is 22.0 Å². The minimum absolute atomic E-state index is 0. The van der Waals surface area contributed by atoms with Gasteiger partial charge in [-0.3, -0.25) is 4.79 Å². The van der Waals surface area contributed by atoms with E-state index >= 15 is 0 Å². The molecule has 0 bridgehead atoms. The number of benzene rings is 1. The number of carbonyl (C=O) groups is 1. The normalized spacial score (nSPS) is 11.0. The van der Waals surface area contributed by atoms with Crippen molar-refractivity contribution in [1.29, 1.82) is 0 Å². The van der Waals surface area contributed by atoms with Crippen molar-refractivity contribution < 1.29 is 17.6 Å². The zero-order valence-electron chi connectivity index (χ0n) is 14.1. The van der Waals surface area contributed by atoms with Crippen LogP contribution in [0.25, 0.3) is 0 Å². The molecule has 0 aliphatic rings. The zero-order chi connectivity index (χ0) is 17.6. The van der Waals surface area contributed by atoms with Crippen LogP contribution in [0.1, 0.15) is 21.9 Å². The summed E-state index contributed by atoms with van der Waals surface area (Å²) < 4.78 is 28.0. The second kappa shape index (κ2) is 9.60. The van der Waals surface area contributed by atoms with E-state index < -0.39 is 9.84 Å². The number of hydrogen-bond donors (Lipinski definition) is 1. The molecule has 0 spiro atoms. The Morgan fingerprint density at radius 1 is 1.12 bits per heavy atom. The van der Waals surface area contributed by atoms with E-state index in [1.807, 2.05) is 30.3 Å². The summed E-state index contributed by atoms with van der Waals surface area (Å²) >= 11 is 0. The molecule has 2 rings (SSSR count). The van der Waals surface area contributed by atoms with Crippen LogP contribution in [0.4, 0.5) is 0 Å². The summed E-state index contributed by atoms with van der Waals surface area (Å²) in [4.78, 5) is 14.2. The van der Waals surface area contributed by atoms with Gasteiger partial charge >= 0.3 is 0 Å². The van der Waals surface area contributed by atoms with Gasteiger partial charge in [0.15, 0.2) is 15.6 Å². The molecule has 8 heteroatoms. The lowest BCUT2D eigenvalue weighted by Gasteiger charge is -2.21. The molecule has 138 valence electrons. The van der Waals surface area contributed by atoms with Crippen LogP contribution in [0.5, 0.6) is 0 Å². The summed E-state index contributed by atoms with van der Waals surface area (Å²) in [6.07, 6.45) is 1.83. The lowest BCUT2D eigenvalue weighted by atomic mass is 10.1. The highest BCUT2D eigenvalue weighted by Gasteiger charge is 2.19. The van der Waals surface area contributed by atoms with E-state index in [4.69, 9.17) is 10.2 Å². The van der Waals surface area contributed by atoms with E-state index in [0.29, 0.717) is 26.1 Å². The van der Waals surface area contributed by atoms with E-state index in [0.717, 1.165) is 11.8 Å². The number of amides is 1. The van der Waals surface area contributed by atoms with Gasteiger partial charge in [-0.25, -0.2) is 8.42 Å². The van der Waals surface area contributed by atoms with Crippen molar-refractivity contribution in [2.24, 2.45) is 5.73 Å². The Balaban J connectivity index is 0.00000312. The number of nitrogens with two attached hydrogens (primary N) is 1. The van der Waals surface area contributed by atoms with Gasteiger partial charge in [0.2, 0.25) is 0 Å². The fourth-order valence-corrected chi connectivity index (χ4v) is 3.04. The summed E-state index contributed by atoms with van der Waals surface area (Å²) in [6.45, 7) is 1.27. The van der Waals surface area contributed by atoms with Crippen molar-refractivity contribution in [3.05, 3.63) is 59.5 Å². The molecule has 0 aliphatic heterocycles. The summed E-state index contributed by atoms with van der Waals surface area (Å²) in [5, 5.41) is 0. The summed E-state index contributed by atoms with van der Waals surface area (Å²) in [5.74, 6) is -0.107. The Morgan fingerprint density at radius 3 is 2.40 bits per heavy atom. The monoisotopic (exact) mass is 386 g/mol. The molecule has 6 nitrogen and oxygen atoms in total. The molecule has 0 unspecified atom stereocenters. The number of nitrogens with zero attached hydrogens (tertiary/aromatic N) is 1. The molecular weight excluding hydrogens is 364 g/mol. The van der Waals surface area contributed by atoms with E-state index in [1.165, 1.54) is 12.1 Å². The van der Waals surface area contributed by atoms with Crippen LogP contribution in [0.15, 0.2) is 46.9 Å². The van der Waals surface area contributed by atoms with Crippen molar-refractivity contribution >= 4 is 28.2 Å². The Kier molecular flexibility index (Phi) is 8.15. The van der Waals surface area contributed by atoms with Gasteiger partial charge in [0.1, 0.15) is 11.5 Å². The molecule has 1 aromatic carbocycles. The first-order chi connectivity index (χ1) is 11.4. The topological polar surface area (TPSA) is 93.6 Å². The molecule has 0 aliphatic carbocycles. The first kappa shape index (κ1) is 21.2. The third kappa shape index (κ3) is 6.89. The van der Waals surface area contributed by atoms with Crippen molar-refractivity contribution in [2.75, 3.05) is 25.9 Å². The second-order valence-corrected chi connectivity index (χ2v) is 7.79. The SMILES string of the molecule is CS(=O)(=O)Cc1ccc(C(=O)N(CCN)CCc2ccccc2)o1.Cl. The van der Waals surface area contributed by atoms with E-state index in [-0.39, 0.29) is 35.6 Å². The summed E-state index contributed by atoms with van der Waals surface area (Å²) in [5.41, 5.74) is 6.73. The third-order valence-electron chi connectivity index (χ3n) is 3.48. The van der Waals surface area contributed by atoms with Crippen LogP contribution in [0.2, 0.25) is 0 Å². The number of furan rings is 1. The Morgan fingerprint density at radius 2 is 1.80 bits per heavy atom. The van der Waals surface area contributed by atoms with E-state index in [9.17, 15) is 13.2 Å². The minimum Gasteiger partial charge on any atom is -0.455 e. The lowest BCUT2D eigenvalue weighted by Crippen LogP contribution is -2.36. The number of rotatable bonds is 8. The van der Waals surface area contributed by atoms with Crippen LogP contribution in [-0.4, -0.2) is 45.1 Å². The largest absolute Gasteiger partial charge is 0.455 e. The van der Waals surface area contributed by atoms with Crippen LogP contribution in [0.3, 0.4) is 0 Å². The molecular formula is C17H23ClN2O4S. The predicted molar refractivity (Wildman–Crippen MR) is 99.6 cm³/mol. The second-order valence-electron chi connectivity index (χ2n) is 5.65. The molecule has 0 fully saturated rings. The van der Waals surface area contributed by atoms with Gasteiger partial charge in [-0.15, -0.1) is 12.4 Å². The van der Waals surface area contributed by atoms with Crippen LogP contribution >= 0.6 is 12.4 Å². The van der Waals surface area contributed by atoms with Gasteiger partial charge in [0, 0.05) is 25.9 Å². The van der Waals surface area contributed by atoms with Gasteiger partial charge in [-0.1, -0.05) is 30.3 Å². The molecule has 1 aromatic heterocycles. The van der Waals surface area contributed by atoms with Gasteiger partial charge < -0.3 is 15.1 Å². The maximum Gasteiger partial charge on any atom is 0.289 e. The summed E-state index contributed by atoms with van der Waals surface area (Å²) in [6, 6.07) is 12.9. The Labute approximate surface area is 154 Å². The number of sulfone groups is 1. The molecule has 25 heavy (non-hydrogen) atoms. The quantitative estimate of drug-likeness (QED) is 0.747. The zero-order valence-corrected chi connectivity index (χ0v) is 15.7. The maximum absolute atomic E-state index is 12.6. The van der Waals surface area contributed by atoms with Crippen LogP contribution < -0.4 is 5.73 Å². The van der Waals surface area contributed by atoms with Gasteiger partial charge in [-0.2, -0.15) is 0 Å². The van der Waals surface area contributed by atoms with E-state index in [1.54, 1.807) is 4.90 Å².